The first kappa shape index (κ1) is 34.9. The first-order valence-corrected chi connectivity index (χ1v) is 17.1. The number of amides is 2. The Hall–Kier alpha value is -5.44. The van der Waals surface area contributed by atoms with Crippen LogP contribution in [0.25, 0.3) is 5.69 Å². The number of para-hydroxylation sites is 1. The summed E-state index contributed by atoms with van der Waals surface area (Å²) in [5, 5.41) is 16.1. The molecule has 14 nitrogen and oxygen atoms in total. The van der Waals surface area contributed by atoms with E-state index >= 15 is 0 Å². The van der Waals surface area contributed by atoms with E-state index in [1.165, 1.54) is 28.0 Å². The van der Waals surface area contributed by atoms with Crippen molar-refractivity contribution >= 4 is 33.6 Å². The van der Waals surface area contributed by atoms with Crippen LogP contribution in [-0.2, 0) is 26.1 Å². The third-order valence-corrected chi connectivity index (χ3v) is 9.65. The average Bonchev–Trinajstić information content (AvgIpc) is 3.62. The minimum absolute atomic E-state index is 0.0461. The van der Waals surface area contributed by atoms with Crippen LogP contribution in [0, 0.1) is 10.1 Å². The lowest BCUT2D eigenvalue weighted by Crippen LogP contribution is -2.58. The van der Waals surface area contributed by atoms with Crippen molar-refractivity contribution in [1.29, 1.82) is 0 Å². The average molecular weight is 691 g/mol. The number of ether oxygens (including phenoxy) is 2. The van der Waals surface area contributed by atoms with Gasteiger partial charge in [0.25, 0.3) is 15.7 Å². The molecule has 258 valence electrons. The van der Waals surface area contributed by atoms with Gasteiger partial charge < -0.3 is 19.3 Å². The predicted molar refractivity (Wildman–Crippen MR) is 181 cm³/mol. The summed E-state index contributed by atoms with van der Waals surface area (Å²) in [6.45, 7) is 5.44. The fraction of sp³-hybridized carbons (Fsp3) is 0.324. The SMILES string of the molecule is CC(C)(C)OC(=O)N1CCN(C(=O)OCc2ccccc2)C[C@H]1CCN(c1ccc(-n2cccn2)cc1)S(=O)(=O)c1ccccc1[N+](=O)[O-]. The van der Waals surface area contributed by atoms with E-state index in [-0.39, 0.29) is 44.9 Å². The van der Waals surface area contributed by atoms with Crippen molar-refractivity contribution in [1.82, 2.24) is 19.6 Å². The molecule has 1 atom stereocenters. The summed E-state index contributed by atoms with van der Waals surface area (Å²) >= 11 is 0. The van der Waals surface area contributed by atoms with Crippen LogP contribution in [0.2, 0.25) is 0 Å². The number of benzene rings is 3. The molecular formula is C34H38N6O8S. The summed E-state index contributed by atoms with van der Waals surface area (Å²) < 4.78 is 42.4. The molecule has 1 aliphatic heterocycles. The maximum atomic E-state index is 14.3. The van der Waals surface area contributed by atoms with Gasteiger partial charge in [-0.15, -0.1) is 0 Å². The van der Waals surface area contributed by atoms with Crippen LogP contribution in [0.15, 0.2) is 102 Å². The zero-order chi connectivity index (χ0) is 35.2. The minimum Gasteiger partial charge on any atom is -0.445 e. The number of rotatable bonds is 10. The number of nitro benzene ring substituents is 1. The highest BCUT2D eigenvalue weighted by molar-refractivity contribution is 7.93. The van der Waals surface area contributed by atoms with Crippen LogP contribution in [0.4, 0.5) is 21.0 Å². The van der Waals surface area contributed by atoms with Gasteiger partial charge in [0.1, 0.15) is 12.2 Å². The number of carbonyl (C=O) groups is 2. The first-order valence-electron chi connectivity index (χ1n) is 15.6. The molecule has 0 spiro atoms. The molecule has 1 saturated heterocycles. The molecule has 0 bridgehead atoms. The minimum atomic E-state index is -4.50. The standard InChI is InChI=1S/C34H38N6O8S/c1-34(2,3)48-33(42)37-23-22-36(32(41)47-25-26-10-5-4-6-11-26)24-29(37)18-21-39(28-16-14-27(15-17-28)38-20-9-19-35-38)49(45,46)31-13-8-7-12-30(31)40(43)44/h4-17,19-20,29H,18,21-25H2,1-3H3/t29-/m1/s1. The molecule has 5 rings (SSSR count). The molecule has 0 aliphatic carbocycles. The maximum Gasteiger partial charge on any atom is 0.410 e. The zero-order valence-corrected chi connectivity index (χ0v) is 28.2. The molecule has 0 saturated carbocycles. The topological polar surface area (TPSA) is 157 Å². The highest BCUT2D eigenvalue weighted by Gasteiger charge is 2.38. The van der Waals surface area contributed by atoms with Gasteiger partial charge in [-0.05, 0) is 69.2 Å². The van der Waals surface area contributed by atoms with Crippen molar-refractivity contribution in [2.45, 2.75) is 50.3 Å². The third kappa shape index (κ3) is 8.54. The molecular weight excluding hydrogens is 652 g/mol. The van der Waals surface area contributed by atoms with Gasteiger partial charge in [0.15, 0.2) is 4.90 Å². The highest BCUT2D eigenvalue weighted by atomic mass is 32.2. The number of hydrogen-bond acceptors (Lipinski definition) is 9. The van der Waals surface area contributed by atoms with Crippen LogP contribution >= 0.6 is 0 Å². The van der Waals surface area contributed by atoms with Crippen molar-refractivity contribution in [2.24, 2.45) is 0 Å². The highest BCUT2D eigenvalue weighted by Crippen LogP contribution is 2.31. The Labute approximate surface area is 284 Å². The number of carbonyl (C=O) groups excluding carboxylic acids is 2. The Balaban J connectivity index is 1.44. The molecule has 1 aromatic heterocycles. The van der Waals surface area contributed by atoms with Crippen LogP contribution in [-0.4, -0.2) is 82.9 Å². The van der Waals surface area contributed by atoms with Crippen LogP contribution < -0.4 is 4.31 Å². The summed E-state index contributed by atoms with van der Waals surface area (Å²) in [6, 6.07) is 22.0. The van der Waals surface area contributed by atoms with Gasteiger partial charge in [0, 0.05) is 44.6 Å². The van der Waals surface area contributed by atoms with Gasteiger partial charge in [0.05, 0.1) is 22.3 Å². The van der Waals surface area contributed by atoms with E-state index in [1.54, 1.807) is 68.2 Å². The monoisotopic (exact) mass is 690 g/mol. The lowest BCUT2D eigenvalue weighted by Gasteiger charge is -2.41. The molecule has 0 unspecified atom stereocenters. The Morgan fingerprint density at radius 2 is 1.65 bits per heavy atom. The maximum absolute atomic E-state index is 14.3. The third-order valence-electron chi connectivity index (χ3n) is 7.78. The summed E-state index contributed by atoms with van der Waals surface area (Å²) in [7, 11) is -4.50. The summed E-state index contributed by atoms with van der Waals surface area (Å²) in [5.41, 5.74) is 0.360. The Bertz CT molecular complexity index is 1860. The first-order chi connectivity index (χ1) is 23.3. The molecule has 3 aromatic carbocycles. The largest absolute Gasteiger partial charge is 0.445 e. The van der Waals surface area contributed by atoms with Gasteiger partial charge in [0.2, 0.25) is 0 Å². The quantitative estimate of drug-likeness (QED) is 0.152. The van der Waals surface area contributed by atoms with Gasteiger partial charge in [-0.2, -0.15) is 5.10 Å². The molecule has 49 heavy (non-hydrogen) atoms. The molecule has 1 aliphatic rings. The number of nitro groups is 1. The number of aromatic nitrogens is 2. The summed E-state index contributed by atoms with van der Waals surface area (Å²) in [5.74, 6) is 0. The van der Waals surface area contributed by atoms with E-state index < -0.39 is 49.4 Å². The smallest absolute Gasteiger partial charge is 0.410 e. The Morgan fingerprint density at radius 1 is 0.959 bits per heavy atom. The second-order valence-electron chi connectivity index (χ2n) is 12.4. The van der Waals surface area contributed by atoms with Gasteiger partial charge in [-0.1, -0.05) is 42.5 Å². The van der Waals surface area contributed by atoms with E-state index in [1.807, 2.05) is 30.3 Å². The predicted octanol–water partition coefficient (Wildman–Crippen LogP) is 5.62. The van der Waals surface area contributed by atoms with Crippen molar-refractivity contribution in [3.8, 4) is 5.69 Å². The zero-order valence-electron chi connectivity index (χ0n) is 27.4. The second-order valence-corrected chi connectivity index (χ2v) is 14.2. The van der Waals surface area contributed by atoms with Crippen LogP contribution in [0.1, 0.15) is 32.8 Å². The molecule has 4 aromatic rings. The Kier molecular flexibility index (Phi) is 10.5. The fourth-order valence-corrected chi connectivity index (χ4v) is 7.07. The van der Waals surface area contributed by atoms with Gasteiger partial charge in [-0.25, -0.2) is 22.7 Å². The summed E-state index contributed by atoms with van der Waals surface area (Å²) in [6.07, 6.45) is 2.23. The molecule has 0 radical (unpaired) electrons. The molecule has 1 fully saturated rings. The van der Waals surface area contributed by atoms with Gasteiger partial charge >= 0.3 is 12.2 Å². The van der Waals surface area contributed by atoms with E-state index in [0.717, 1.165) is 15.9 Å². The van der Waals surface area contributed by atoms with Crippen molar-refractivity contribution < 1.29 is 32.4 Å². The molecule has 2 amide bonds. The second kappa shape index (κ2) is 14.8. The van der Waals surface area contributed by atoms with Crippen LogP contribution in [0.5, 0.6) is 0 Å². The van der Waals surface area contributed by atoms with Crippen LogP contribution in [0.3, 0.4) is 0 Å². The Morgan fingerprint density at radius 3 is 2.31 bits per heavy atom. The molecule has 2 heterocycles. The van der Waals surface area contributed by atoms with E-state index in [4.69, 9.17) is 9.47 Å². The van der Waals surface area contributed by atoms with E-state index in [0.29, 0.717) is 5.69 Å². The number of nitrogens with zero attached hydrogens (tertiary/aromatic N) is 6. The molecule has 0 N–H and O–H groups in total. The number of anilines is 1. The number of piperazine rings is 1. The normalized spacial score (nSPS) is 15.0. The van der Waals surface area contributed by atoms with Gasteiger partial charge in [-0.3, -0.25) is 14.4 Å². The number of sulfonamides is 1. The van der Waals surface area contributed by atoms with E-state index in [9.17, 15) is 28.1 Å². The van der Waals surface area contributed by atoms with Crippen molar-refractivity contribution in [3.63, 3.8) is 0 Å². The fourth-order valence-electron chi connectivity index (χ4n) is 5.43. The van der Waals surface area contributed by atoms with Crippen molar-refractivity contribution in [2.75, 3.05) is 30.5 Å². The van der Waals surface area contributed by atoms with E-state index in [2.05, 4.69) is 5.10 Å². The number of hydrogen-bond donors (Lipinski definition) is 0. The lowest BCUT2D eigenvalue weighted by molar-refractivity contribution is -0.387. The molecule has 15 heteroatoms. The lowest BCUT2D eigenvalue weighted by atomic mass is 10.1. The summed E-state index contributed by atoms with van der Waals surface area (Å²) in [4.78, 5) is 40.2. The van der Waals surface area contributed by atoms with Crippen molar-refractivity contribution in [3.05, 3.63) is 113 Å².